The third kappa shape index (κ3) is 3.46. The summed E-state index contributed by atoms with van der Waals surface area (Å²) in [5.41, 5.74) is 1.09. The van der Waals surface area contributed by atoms with E-state index in [9.17, 15) is 14.4 Å². The average Bonchev–Trinajstić information content (AvgIpc) is 2.65. The summed E-state index contributed by atoms with van der Waals surface area (Å²) in [6.45, 7) is 0.0133. The Kier molecular flexibility index (Phi) is 5.06. The molecule has 26 heavy (non-hydrogen) atoms. The Balaban J connectivity index is 2.02. The molecule has 0 saturated carbocycles. The first-order valence-electron chi connectivity index (χ1n) is 7.75. The van der Waals surface area contributed by atoms with Gasteiger partial charge in [-0.3, -0.25) is 4.79 Å². The zero-order chi connectivity index (χ0) is 18.7. The highest BCUT2D eigenvalue weighted by Crippen LogP contribution is 2.24. The highest BCUT2D eigenvalue weighted by molar-refractivity contribution is 6.30. The monoisotopic (exact) mass is 368 g/mol. The molecule has 0 atom stereocenters. The first kappa shape index (κ1) is 17.7. The molecular formula is C20H14ClFN2O2. The summed E-state index contributed by atoms with van der Waals surface area (Å²) in [6, 6.07) is 15.0. The molecule has 0 radical (unpaired) electrons. The van der Waals surface area contributed by atoms with Crippen LogP contribution < -0.4 is 10.3 Å². The van der Waals surface area contributed by atoms with Crippen LogP contribution in [0.5, 0.6) is 5.75 Å². The Morgan fingerprint density at radius 2 is 1.92 bits per heavy atom. The third-order valence-corrected chi connectivity index (χ3v) is 4.27. The second-order valence-corrected chi connectivity index (χ2v) is 6.05. The van der Waals surface area contributed by atoms with Crippen LogP contribution in [0, 0.1) is 17.1 Å². The molecule has 0 amide bonds. The highest BCUT2D eigenvalue weighted by atomic mass is 35.5. The van der Waals surface area contributed by atoms with Crippen LogP contribution in [0.1, 0.15) is 11.1 Å². The lowest BCUT2D eigenvalue weighted by molar-refractivity contribution is 0.415. The molecule has 2 aromatic carbocycles. The SMILES string of the molecule is COc1ccc(-c2ccn(Cc3ccc(Cl)cc3F)c(=O)c2C#N)cc1. The molecule has 0 saturated heterocycles. The fraction of sp³-hybridized carbons (Fsp3) is 0.100. The maximum Gasteiger partial charge on any atom is 0.269 e. The van der Waals surface area contributed by atoms with Gasteiger partial charge in [0.25, 0.3) is 5.56 Å². The van der Waals surface area contributed by atoms with E-state index in [1.807, 2.05) is 6.07 Å². The van der Waals surface area contributed by atoms with E-state index in [0.717, 1.165) is 5.56 Å². The topological polar surface area (TPSA) is 55.0 Å². The quantitative estimate of drug-likeness (QED) is 0.692. The number of pyridine rings is 1. The molecule has 0 bridgehead atoms. The number of methoxy groups -OCH3 is 1. The fourth-order valence-electron chi connectivity index (χ4n) is 2.65. The summed E-state index contributed by atoms with van der Waals surface area (Å²) in [6.07, 6.45) is 1.55. The number of benzene rings is 2. The summed E-state index contributed by atoms with van der Waals surface area (Å²) >= 11 is 5.75. The van der Waals surface area contributed by atoms with Gasteiger partial charge in [-0.15, -0.1) is 0 Å². The summed E-state index contributed by atoms with van der Waals surface area (Å²) in [4.78, 5) is 12.7. The van der Waals surface area contributed by atoms with Crippen molar-refractivity contribution in [2.75, 3.05) is 7.11 Å². The molecule has 0 fully saturated rings. The molecule has 3 aromatic rings. The lowest BCUT2D eigenvalue weighted by Gasteiger charge is -2.11. The van der Waals surface area contributed by atoms with Gasteiger partial charge in [0.05, 0.1) is 13.7 Å². The molecule has 3 rings (SSSR count). The van der Waals surface area contributed by atoms with Crippen molar-refractivity contribution in [3.8, 4) is 22.9 Å². The molecule has 4 nitrogen and oxygen atoms in total. The summed E-state index contributed by atoms with van der Waals surface area (Å²) in [7, 11) is 1.56. The number of nitrogens with zero attached hydrogens (tertiary/aromatic N) is 2. The Bertz CT molecular complexity index is 1050. The molecule has 0 unspecified atom stereocenters. The van der Waals surface area contributed by atoms with Gasteiger partial charge >= 0.3 is 0 Å². The summed E-state index contributed by atoms with van der Waals surface area (Å²) in [5.74, 6) is 0.181. The zero-order valence-electron chi connectivity index (χ0n) is 13.9. The van der Waals surface area contributed by atoms with Crippen LogP contribution in [0.15, 0.2) is 59.5 Å². The second-order valence-electron chi connectivity index (χ2n) is 5.61. The van der Waals surface area contributed by atoms with Crippen molar-refractivity contribution < 1.29 is 9.13 Å². The van der Waals surface area contributed by atoms with E-state index in [1.54, 1.807) is 49.7 Å². The van der Waals surface area contributed by atoms with Crippen molar-refractivity contribution in [1.82, 2.24) is 4.57 Å². The predicted octanol–water partition coefficient (Wildman–Crippen LogP) is 4.24. The van der Waals surface area contributed by atoms with Crippen molar-refractivity contribution in [2.45, 2.75) is 6.54 Å². The molecule has 1 heterocycles. The van der Waals surface area contributed by atoms with Gasteiger partial charge in [0.2, 0.25) is 0 Å². The molecule has 0 spiro atoms. The first-order valence-corrected chi connectivity index (χ1v) is 8.13. The summed E-state index contributed by atoms with van der Waals surface area (Å²) < 4.78 is 20.4. The van der Waals surface area contributed by atoms with Gasteiger partial charge in [-0.25, -0.2) is 4.39 Å². The van der Waals surface area contributed by atoms with E-state index in [4.69, 9.17) is 16.3 Å². The second kappa shape index (κ2) is 7.42. The van der Waals surface area contributed by atoms with E-state index in [1.165, 1.54) is 16.7 Å². The maximum absolute atomic E-state index is 14.0. The van der Waals surface area contributed by atoms with Crippen LogP contribution in [0.25, 0.3) is 11.1 Å². The zero-order valence-corrected chi connectivity index (χ0v) is 14.6. The largest absolute Gasteiger partial charge is 0.497 e. The number of hydrogen-bond acceptors (Lipinski definition) is 3. The lowest BCUT2D eigenvalue weighted by Crippen LogP contribution is -2.23. The third-order valence-electron chi connectivity index (χ3n) is 4.03. The molecule has 0 aliphatic rings. The minimum Gasteiger partial charge on any atom is -0.497 e. The van der Waals surface area contributed by atoms with Gasteiger partial charge in [0, 0.05) is 22.3 Å². The van der Waals surface area contributed by atoms with Crippen molar-refractivity contribution in [2.24, 2.45) is 0 Å². The first-order chi connectivity index (χ1) is 12.5. The van der Waals surface area contributed by atoms with Crippen LogP contribution in [-0.2, 0) is 6.54 Å². The smallest absolute Gasteiger partial charge is 0.269 e. The standard InChI is InChI=1S/C20H14ClFN2O2/c1-26-16-6-3-13(4-7-16)17-8-9-24(20(25)18(17)11-23)12-14-2-5-15(21)10-19(14)22/h2-10H,12H2,1H3. The normalized spacial score (nSPS) is 10.4. The molecular weight excluding hydrogens is 355 g/mol. The van der Waals surface area contributed by atoms with Gasteiger partial charge in [-0.05, 0) is 35.9 Å². The van der Waals surface area contributed by atoms with Gasteiger partial charge < -0.3 is 9.30 Å². The van der Waals surface area contributed by atoms with Crippen molar-refractivity contribution in [1.29, 1.82) is 5.26 Å². The number of hydrogen-bond donors (Lipinski definition) is 0. The van der Waals surface area contributed by atoms with E-state index in [2.05, 4.69) is 0 Å². The Labute approximate surface area is 154 Å². The van der Waals surface area contributed by atoms with Crippen LogP contribution in [0.3, 0.4) is 0 Å². The molecule has 0 aliphatic heterocycles. The van der Waals surface area contributed by atoms with Crippen LogP contribution >= 0.6 is 11.6 Å². The van der Waals surface area contributed by atoms with E-state index < -0.39 is 11.4 Å². The highest BCUT2D eigenvalue weighted by Gasteiger charge is 2.13. The van der Waals surface area contributed by atoms with Crippen LogP contribution in [-0.4, -0.2) is 11.7 Å². The van der Waals surface area contributed by atoms with E-state index >= 15 is 0 Å². The molecule has 6 heteroatoms. The molecule has 0 aliphatic carbocycles. The minimum atomic E-state index is -0.498. The lowest BCUT2D eigenvalue weighted by atomic mass is 10.0. The number of aromatic nitrogens is 1. The minimum absolute atomic E-state index is 0.00652. The number of nitriles is 1. The number of halogens is 2. The van der Waals surface area contributed by atoms with Gasteiger partial charge in [-0.1, -0.05) is 29.8 Å². The van der Waals surface area contributed by atoms with Gasteiger partial charge in [0.1, 0.15) is 23.2 Å². The van der Waals surface area contributed by atoms with Gasteiger partial charge in [0.15, 0.2) is 0 Å². The van der Waals surface area contributed by atoms with Crippen LogP contribution in [0.2, 0.25) is 5.02 Å². The Hall–Kier alpha value is -3.10. The van der Waals surface area contributed by atoms with Gasteiger partial charge in [-0.2, -0.15) is 5.26 Å². The predicted molar refractivity (Wildman–Crippen MR) is 97.9 cm³/mol. The van der Waals surface area contributed by atoms with Crippen LogP contribution in [0.4, 0.5) is 4.39 Å². The maximum atomic E-state index is 14.0. The molecule has 0 N–H and O–H groups in total. The van der Waals surface area contributed by atoms with E-state index in [-0.39, 0.29) is 17.1 Å². The number of ether oxygens (including phenoxy) is 1. The Morgan fingerprint density at radius 3 is 2.54 bits per heavy atom. The van der Waals surface area contributed by atoms with E-state index in [0.29, 0.717) is 16.9 Å². The van der Waals surface area contributed by atoms with Crippen molar-refractivity contribution in [3.63, 3.8) is 0 Å². The average molecular weight is 369 g/mol. The molecule has 130 valence electrons. The Morgan fingerprint density at radius 1 is 1.19 bits per heavy atom. The molecule has 1 aromatic heterocycles. The summed E-state index contributed by atoms with van der Waals surface area (Å²) in [5, 5.41) is 9.75. The van der Waals surface area contributed by atoms with Crippen molar-refractivity contribution in [3.05, 3.63) is 87.0 Å². The number of rotatable bonds is 4. The van der Waals surface area contributed by atoms with Crippen molar-refractivity contribution >= 4 is 11.6 Å². The fourth-order valence-corrected chi connectivity index (χ4v) is 2.81.